The molecule has 0 bridgehead atoms. The van der Waals surface area contributed by atoms with Gasteiger partial charge in [-0.15, -0.1) is 0 Å². The first-order chi connectivity index (χ1) is 22.2. The van der Waals surface area contributed by atoms with Gasteiger partial charge in [-0.25, -0.2) is 0 Å². The predicted molar refractivity (Wildman–Crippen MR) is 179 cm³/mol. The number of nitrogens with zero attached hydrogens (tertiary/aromatic N) is 1. The molecule has 2 aliphatic rings. The van der Waals surface area contributed by atoms with Crippen molar-refractivity contribution in [2.24, 2.45) is 0 Å². The fraction of sp³-hybridized carbons (Fsp3) is 0.417. The van der Waals surface area contributed by atoms with Crippen LogP contribution >= 0.6 is 0 Å². The topological polar surface area (TPSA) is 118 Å². The predicted octanol–water partition coefficient (Wildman–Crippen LogP) is 4.44. The van der Waals surface area contributed by atoms with Gasteiger partial charge in [0.05, 0.1) is 33.1 Å². The van der Waals surface area contributed by atoms with Crippen LogP contribution in [-0.4, -0.2) is 63.2 Å². The van der Waals surface area contributed by atoms with Crippen molar-refractivity contribution in [2.45, 2.75) is 64.2 Å². The maximum absolute atomic E-state index is 13.7. The van der Waals surface area contributed by atoms with E-state index in [1.54, 1.807) is 40.4 Å². The Kier molecular flexibility index (Phi) is 10.5. The van der Waals surface area contributed by atoms with E-state index in [1.165, 1.54) is 12.5 Å². The van der Waals surface area contributed by atoms with E-state index in [9.17, 15) is 14.4 Å². The van der Waals surface area contributed by atoms with Crippen molar-refractivity contribution in [3.05, 3.63) is 81.5 Å². The lowest BCUT2D eigenvalue weighted by Crippen LogP contribution is -2.48. The summed E-state index contributed by atoms with van der Waals surface area (Å²) in [5.74, 6) is 1.10. The Labute approximate surface area is 270 Å². The van der Waals surface area contributed by atoms with Gasteiger partial charge in [-0.05, 0) is 73.1 Å². The summed E-state index contributed by atoms with van der Waals surface area (Å²) >= 11 is 0. The molecular formula is C36H44N4O6. The van der Waals surface area contributed by atoms with Crippen molar-refractivity contribution in [3.63, 3.8) is 0 Å². The first-order valence-corrected chi connectivity index (χ1v) is 15.8. The molecule has 244 valence electrons. The van der Waals surface area contributed by atoms with Gasteiger partial charge in [-0.3, -0.25) is 19.3 Å². The van der Waals surface area contributed by atoms with E-state index in [1.807, 2.05) is 18.2 Å². The summed E-state index contributed by atoms with van der Waals surface area (Å²) < 4.78 is 17.1. The molecule has 1 saturated heterocycles. The van der Waals surface area contributed by atoms with Crippen molar-refractivity contribution in [3.8, 4) is 28.4 Å². The lowest BCUT2D eigenvalue weighted by molar-refractivity contribution is -0.122. The fourth-order valence-electron chi connectivity index (χ4n) is 6.53. The van der Waals surface area contributed by atoms with E-state index >= 15 is 0 Å². The molecule has 0 radical (unpaired) electrons. The minimum atomic E-state index is -0.644. The zero-order valence-corrected chi connectivity index (χ0v) is 27.3. The average molecular weight is 629 g/mol. The molecule has 3 aromatic rings. The zero-order chi connectivity index (χ0) is 32.8. The highest BCUT2D eigenvalue weighted by Gasteiger charge is 2.30. The number of fused-ring (bicyclic) bond motifs is 3. The molecule has 5 rings (SSSR count). The van der Waals surface area contributed by atoms with Crippen molar-refractivity contribution < 1.29 is 23.8 Å². The number of anilines is 1. The Morgan fingerprint density at radius 3 is 2.28 bits per heavy atom. The number of ether oxygens (including phenoxy) is 3. The van der Waals surface area contributed by atoms with Gasteiger partial charge in [-0.2, -0.15) is 0 Å². The summed E-state index contributed by atoms with van der Waals surface area (Å²) in [5.41, 5.74) is 4.40. The largest absolute Gasteiger partial charge is 0.493 e. The highest BCUT2D eigenvalue weighted by atomic mass is 16.5. The highest BCUT2D eigenvalue weighted by Crippen LogP contribution is 2.50. The minimum Gasteiger partial charge on any atom is -0.493 e. The molecular weight excluding hydrogens is 584 g/mol. The fourth-order valence-corrected chi connectivity index (χ4v) is 6.53. The molecule has 1 fully saturated rings. The maximum atomic E-state index is 13.7. The van der Waals surface area contributed by atoms with Crippen LogP contribution in [0.2, 0.25) is 0 Å². The molecule has 0 aromatic heterocycles. The van der Waals surface area contributed by atoms with Crippen LogP contribution in [0.15, 0.2) is 59.4 Å². The number of amides is 2. The number of likely N-dealkylation sites (tertiary alicyclic amines) is 1. The summed E-state index contributed by atoms with van der Waals surface area (Å²) in [6.45, 7) is 5.94. The van der Waals surface area contributed by atoms with Crippen molar-refractivity contribution in [2.75, 3.05) is 39.7 Å². The van der Waals surface area contributed by atoms with Gasteiger partial charge >= 0.3 is 0 Å². The summed E-state index contributed by atoms with van der Waals surface area (Å²) in [4.78, 5) is 41.6. The lowest BCUT2D eigenvalue weighted by Gasteiger charge is -2.33. The molecule has 3 aromatic carbocycles. The third-order valence-electron chi connectivity index (χ3n) is 8.86. The summed E-state index contributed by atoms with van der Waals surface area (Å²) in [6, 6.07) is 16.4. The molecule has 0 spiro atoms. The molecule has 2 amide bonds. The van der Waals surface area contributed by atoms with Crippen molar-refractivity contribution in [1.82, 2.24) is 15.5 Å². The van der Waals surface area contributed by atoms with E-state index in [0.717, 1.165) is 49.2 Å². The number of piperidine rings is 1. The Hall–Kier alpha value is -4.57. The number of aryl methyl sites for hydroxylation is 1. The van der Waals surface area contributed by atoms with Crippen LogP contribution in [0.25, 0.3) is 11.1 Å². The quantitative estimate of drug-likeness (QED) is 0.302. The second kappa shape index (κ2) is 14.7. The molecule has 0 unspecified atom stereocenters. The average Bonchev–Trinajstić information content (AvgIpc) is 3.29. The molecule has 0 saturated carbocycles. The van der Waals surface area contributed by atoms with Crippen LogP contribution in [0.1, 0.15) is 55.8 Å². The van der Waals surface area contributed by atoms with Gasteiger partial charge in [0.1, 0.15) is 6.04 Å². The number of hydrogen-bond acceptors (Lipinski definition) is 8. The summed E-state index contributed by atoms with van der Waals surface area (Å²) in [5, 5.41) is 9.34. The molecule has 1 aliphatic heterocycles. The molecule has 10 nitrogen and oxygen atoms in total. The highest BCUT2D eigenvalue weighted by molar-refractivity contribution is 5.86. The van der Waals surface area contributed by atoms with Crippen molar-refractivity contribution in [1.29, 1.82) is 0 Å². The van der Waals surface area contributed by atoms with E-state index in [0.29, 0.717) is 35.7 Å². The zero-order valence-electron chi connectivity index (χ0n) is 27.3. The number of rotatable bonds is 10. The normalized spacial score (nSPS) is 17.0. The third-order valence-corrected chi connectivity index (χ3v) is 8.86. The first kappa shape index (κ1) is 32.8. The molecule has 1 heterocycles. The minimum absolute atomic E-state index is 0.0767. The third kappa shape index (κ3) is 7.28. The number of nitrogens with one attached hydrogen (secondary N) is 3. The number of carbonyl (C=O) groups is 2. The van der Waals surface area contributed by atoms with Crippen molar-refractivity contribution >= 4 is 17.5 Å². The second-order valence-corrected chi connectivity index (χ2v) is 12.0. The summed E-state index contributed by atoms with van der Waals surface area (Å²) in [6.07, 6.45) is 2.90. The van der Waals surface area contributed by atoms with Crippen LogP contribution < -0.4 is 35.6 Å². The number of carbonyl (C=O) groups excluding carboxylic acids is 2. The van der Waals surface area contributed by atoms with E-state index < -0.39 is 12.1 Å². The Morgan fingerprint density at radius 1 is 0.913 bits per heavy atom. The van der Waals surface area contributed by atoms with Crippen LogP contribution in [0.5, 0.6) is 17.2 Å². The Morgan fingerprint density at radius 2 is 1.63 bits per heavy atom. The monoisotopic (exact) mass is 628 g/mol. The van der Waals surface area contributed by atoms with Gasteiger partial charge in [0.2, 0.25) is 23.0 Å². The Bertz CT molecular complexity index is 1620. The van der Waals surface area contributed by atoms with Crippen LogP contribution in [0.4, 0.5) is 5.69 Å². The number of methoxy groups -OCH3 is 3. The van der Waals surface area contributed by atoms with Gasteiger partial charge in [-0.1, -0.05) is 36.4 Å². The number of hydrogen-bond donors (Lipinski definition) is 3. The molecule has 3 N–H and O–H groups in total. The molecule has 2 atom stereocenters. The lowest BCUT2D eigenvalue weighted by atomic mass is 9.95. The van der Waals surface area contributed by atoms with Gasteiger partial charge in [0.25, 0.3) is 0 Å². The van der Waals surface area contributed by atoms with E-state index in [-0.39, 0.29) is 29.0 Å². The molecule has 10 heteroatoms. The number of benzene rings is 2. The van der Waals surface area contributed by atoms with Gasteiger partial charge in [0.15, 0.2) is 11.5 Å². The molecule has 46 heavy (non-hydrogen) atoms. The SMILES string of the molecule is COc1cc2c(c(OC)c1OC)-c1ccc(N[C@@H](C)C(=O)NC3CCN(Cc4ccccc4)CC3)c(=O)cc1[C@H](NC(C)=O)CC2. The van der Waals surface area contributed by atoms with Gasteiger partial charge < -0.3 is 30.2 Å². The standard InChI is InChI=1S/C36H44N4O6/c1-22(36(43)39-26-15-17-40(18-16-26)21-24-9-7-6-8-10-24)37-30-14-12-27-28(20-31(30)42)29(38-23(2)41)13-11-25-19-32(44-3)34(45-4)35(46-5)33(25)27/h6-10,12,14,19-20,22,26,29H,11,13,15-18,21H2,1-5H3,(H,37,42)(H,38,41)(H,39,43)/t22-,29+/m0/s1. The second-order valence-electron chi connectivity index (χ2n) is 12.0. The maximum Gasteiger partial charge on any atom is 0.242 e. The Balaban J connectivity index is 1.37. The van der Waals surface area contributed by atoms with Crippen LogP contribution in [0.3, 0.4) is 0 Å². The first-order valence-electron chi connectivity index (χ1n) is 15.8. The smallest absolute Gasteiger partial charge is 0.242 e. The van der Waals surface area contributed by atoms with E-state index in [4.69, 9.17) is 14.2 Å². The van der Waals surface area contributed by atoms with Crippen LogP contribution in [0, 0.1) is 0 Å². The van der Waals surface area contributed by atoms with Crippen LogP contribution in [-0.2, 0) is 22.6 Å². The van der Waals surface area contributed by atoms with Gasteiger partial charge in [0, 0.05) is 38.2 Å². The van der Waals surface area contributed by atoms with E-state index in [2.05, 4.69) is 45.1 Å². The molecule has 1 aliphatic carbocycles. The summed E-state index contributed by atoms with van der Waals surface area (Å²) in [7, 11) is 4.69.